The third-order valence-corrected chi connectivity index (χ3v) is 10.6. The summed E-state index contributed by atoms with van der Waals surface area (Å²) < 4.78 is 13.4. The molecule has 0 spiro atoms. The first-order chi connectivity index (χ1) is 20.4. The molecule has 0 amide bonds. The Morgan fingerprint density at radius 3 is 1.22 bits per heavy atom. The monoisotopic (exact) mass is 616 g/mol. The molecule has 5 rings (SSSR count). The van der Waals surface area contributed by atoms with E-state index < -0.39 is 39.4 Å². The fraction of sp³-hybridized carbons (Fsp3) is 0.605. The Morgan fingerprint density at radius 2 is 0.933 bits per heavy atom. The van der Waals surface area contributed by atoms with Crippen LogP contribution in [0.4, 0.5) is 0 Å². The maximum Gasteiger partial charge on any atom is 0.175 e. The highest BCUT2D eigenvalue weighted by Crippen LogP contribution is 2.61. The Labute approximate surface area is 267 Å². The van der Waals surface area contributed by atoms with Crippen molar-refractivity contribution in [2.24, 2.45) is 39.4 Å². The van der Waals surface area contributed by atoms with Gasteiger partial charge in [0.1, 0.15) is 28.6 Å². The molecule has 0 unspecified atom stereocenters. The molecule has 0 bridgehead atoms. The van der Waals surface area contributed by atoms with Gasteiger partial charge >= 0.3 is 0 Å². The molecule has 2 atom stereocenters. The van der Waals surface area contributed by atoms with Crippen molar-refractivity contribution in [1.29, 1.82) is 0 Å². The van der Waals surface area contributed by atoms with Gasteiger partial charge in [-0.25, -0.2) is 0 Å². The van der Waals surface area contributed by atoms with Crippen molar-refractivity contribution < 1.29 is 33.4 Å². The minimum atomic E-state index is -1.25. The zero-order chi connectivity index (χ0) is 34.1. The van der Waals surface area contributed by atoms with Crippen LogP contribution in [-0.2, 0) is 19.2 Å². The van der Waals surface area contributed by atoms with Crippen molar-refractivity contribution in [3.63, 3.8) is 0 Å². The van der Waals surface area contributed by atoms with Gasteiger partial charge in [-0.3, -0.25) is 24.0 Å². The lowest BCUT2D eigenvalue weighted by Crippen LogP contribution is -2.52. The molecule has 2 aliphatic heterocycles. The molecule has 2 aliphatic carbocycles. The summed E-state index contributed by atoms with van der Waals surface area (Å²) in [5, 5.41) is 0. The number of allylic oxidation sites excluding steroid dienone is 4. The summed E-state index contributed by atoms with van der Waals surface area (Å²) in [4.78, 5) is 70.1. The average Bonchev–Trinajstić information content (AvgIpc) is 2.94. The van der Waals surface area contributed by atoms with Crippen LogP contribution < -0.4 is 9.47 Å². The third kappa shape index (κ3) is 4.17. The van der Waals surface area contributed by atoms with E-state index in [1.807, 2.05) is 33.8 Å². The van der Waals surface area contributed by atoms with E-state index in [1.54, 1.807) is 69.2 Å². The molecule has 1 aromatic carbocycles. The number of ketones is 5. The van der Waals surface area contributed by atoms with Gasteiger partial charge in [-0.2, -0.15) is 0 Å². The predicted molar refractivity (Wildman–Crippen MR) is 171 cm³/mol. The topological polar surface area (TPSA) is 104 Å². The summed E-state index contributed by atoms with van der Waals surface area (Å²) in [6.45, 7) is 25.5. The number of ether oxygens (including phenoxy) is 2. The van der Waals surface area contributed by atoms with Crippen LogP contribution in [0.2, 0.25) is 0 Å². The number of Topliss-reactive ketones (excluding diaryl/α,β-unsaturated/α-hetero) is 5. The Balaban J connectivity index is 1.92. The van der Waals surface area contributed by atoms with E-state index in [9.17, 15) is 24.0 Å². The van der Waals surface area contributed by atoms with Gasteiger partial charge in [0.25, 0.3) is 0 Å². The number of rotatable bonds is 4. The molecular formula is C38H48O7. The van der Waals surface area contributed by atoms with Crippen LogP contribution in [-0.4, -0.2) is 28.9 Å². The van der Waals surface area contributed by atoms with E-state index in [1.165, 1.54) is 0 Å². The minimum absolute atomic E-state index is 0.0926. The van der Waals surface area contributed by atoms with Crippen molar-refractivity contribution in [1.82, 2.24) is 0 Å². The molecule has 2 heterocycles. The lowest BCUT2D eigenvalue weighted by molar-refractivity contribution is -0.146. The second-order valence-corrected chi connectivity index (χ2v) is 16.6. The van der Waals surface area contributed by atoms with Gasteiger partial charge in [-0.15, -0.1) is 0 Å². The van der Waals surface area contributed by atoms with Gasteiger partial charge in [0.15, 0.2) is 28.9 Å². The summed E-state index contributed by atoms with van der Waals surface area (Å²) in [7, 11) is 0. The minimum Gasteiger partial charge on any atom is -0.459 e. The normalized spacial score (nSPS) is 26.0. The van der Waals surface area contributed by atoms with Gasteiger partial charge in [-0.05, 0) is 73.3 Å². The average molecular weight is 617 g/mol. The number of carbonyl (C=O) groups excluding carboxylic acids is 5. The van der Waals surface area contributed by atoms with Crippen molar-refractivity contribution in [3.8, 4) is 11.5 Å². The molecule has 45 heavy (non-hydrogen) atoms. The van der Waals surface area contributed by atoms with Crippen LogP contribution in [0.5, 0.6) is 11.5 Å². The van der Waals surface area contributed by atoms with Gasteiger partial charge in [0, 0.05) is 40.0 Å². The number of hydrogen-bond acceptors (Lipinski definition) is 7. The van der Waals surface area contributed by atoms with Gasteiger partial charge in [0.05, 0.1) is 21.7 Å². The molecule has 0 aromatic heterocycles. The Bertz CT molecular complexity index is 1560. The molecular weight excluding hydrogens is 568 g/mol. The molecule has 0 radical (unpaired) electrons. The predicted octanol–water partition coefficient (Wildman–Crippen LogP) is 7.71. The maximum atomic E-state index is 14.3. The zero-order valence-corrected chi connectivity index (χ0v) is 29.3. The molecule has 7 heteroatoms. The lowest BCUT2D eigenvalue weighted by Gasteiger charge is -2.48. The Hall–Kier alpha value is -3.35. The Morgan fingerprint density at radius 1 is 0.600 bits per heavy atom. The number of fused-ring (bicyclic) bond motifs is 2. The summed E-state index contributed by atoms with van der Waals surface area (Å²) >= 11 is 0. The summed E-state index contributed by atoms with van der Waals surface area (Å²) in [6, 6.07) is 1.96. The summed E-state index contributed by atoms with van der Waals surface area (Å²) in [5.74, 6) is -1.68. The quantitative estimate of drug-likeness (QED) is 0.252. The molecule has 0 N–H and O–H groups in total. The lowest BCUT2D eigenvalue weighted by atomic mass is 9.58. The van der Waals surface area contributed by atoms with Crippen LogP contribution in [0.1, 0.15) is 130 Å². The van der Waals surface area contributed by atoms with Crippen molar-refractivity contribution in [2.45, 2.75) is 109 Å². The van der Waals surface area contributed by atoms with Crippen LogP contribution in [0.3, 0.4) is 0 Å². The summed E-state index contributed by atoms with van der Waals surface area (Å²) in [5.41, 5.74) is -2.23. The molecule has 1 aromatic rings. The SMILES string of the molecule is CC(C)C(=O)c1c2c(cc3c1OC1=C(C(=O)C(C)(C)C(=O)C1(C)C)[C@H]3C(C)C)[C@H](C(C)C)C1=C(O2)C(C)(C)C(=O)C(C)(C)C1=O. The number of hydrogen-bond donors (Lipinski definition) is 0. The molecule has 4 aliphatic rings. The first-order valence-electron chi connectivity index (χ1n) is 16.2. The second-order valence-electron chi connectivity index (χ2n) is 16.6. The smallest absolute Gasteiger partial charge is 0.175 e. The zero-order valence-electron chi connectivity index (χ0n) is 29.3. The molecule has 7 nitrogen and oxygen atoms in total. The van der Waals surface area contributed by atoms with Gasteiger partial charge < -0.3 is 9.47 Å². The second kappa shape index (κ2) is 9.83. The van der Waals surface area contributed by atoms with Crippen LogP contribution in [0.15, 0.2) is 28.7 Å². The van der Waals surface area contributed by atoms with Crippen LogP contribution >= 0.6 is 0 Å². The third-order valence-electron chi connectivity index (χ3n) is 10.6. The fourth-order valence-corrected chi connectivity index (χ4v) is 8.24. The van der Waals surface area contributed by atoms with Crippen molar-refractivity contribution >= 4 is 28.9 Å². The van der Waals surface area contributed by atoms with E-state index in [2.05, 4.69) is 0 Å². The fourth-order valence-electron chi connectivity index (χ4n) is 8.24. The van der Waals surface area contributed by atoms with Crippen molar-refractivity contribution in [2.75, 3.05) is 0 Å². The summed E-state index contributed by atoms with van der Waals surface area (Å²) in [6.07, 6.45) is 0. The van der Waals surface area contributed by atoms with Crippen LogP contribution in [0.25, 0.3) is 0 Å². The van der Waals surface area contributed by atoms with E-state index in [4.69, 9.17) is 9.47 Å². The highest BCUT2D eigenvalue weighted by molar-refractivity contribution is 6.21. The van der Waals surface area contributed by atoms with E-state index in [0.29, 0.717) is 22.3 Å². The van der Waals surface area contributed by atoms with Crippen LogP contribution in [0, 0.1) is 39.4 Å². The maximum absolute atomic E-state index is 14.3. The van der Waals surface area contributed by atoms with Gasteiger partial charge in [-0.1, -0.05) is 41.5 Å². The first-order valence-corrected chi connectivity index (χ1v) is 16.2. The molecule has 242 valence electrons. The van der Waals surface area contributed by atoms with Crippen molar-refractivity contribution in [3.05, 3.63) is 45.4 Å². The Kier molecular flexibility index (Phi) is 7.21. The first kappa shape index (κ1) is 33.0. The van der Waals surface area contributed by atoms with Gasteiger partial charge in [0.2, 0.25) is 0 Å². The highest BCUT2D eigenvalue weighted by atomic mass is 16.5. The van der Waals surface area contributed by atoms with E-state index in [0.717, 1.165) is 0 Å². The highest BCUT2D eigenvalue weighted by Gasteiger charge is 2.60. The largest absolute Gasteiger partial charge is 0.459 e. The number of carbonyl (C=O) groups is 5. The molecule has 0 saturated carbocycles. The van der Waals surface area contributed by atoms with E-state index in [-0.39, 0.29) is 69.3 Å². The van der Waals surface area contributed by atoms with E-state index >= 15 is 0 Å². The molecule has 0 fully saturated rings. The standard InChI is InChI=1S/C38H48O7/c1-16(2)21-19-15-20-22(17(3)4)24-30(41)36(9,10)34(43)38(13,14)32(24)45-28(20)25(26(39)18(5)6)27(19)44-31-23(21)29(40)35(7,8)33(42)37(31,11)12/h15-18,21-22H,1-14H3/t21-,22-/m0/s1. The number of benzene rings is 1. The molecule has 0 saturated heterocycles.